The van der Waals surface area contributed by atoms with Gasteiger partial charge in [-0.3, -0.25) is 5.84 Å². The molecular formula is C19H16Cl2N2. The molecule has 116 valence electrons. The number of hydrazine groups is 1. The normalized spacial score (nSPS) is 11.3. The van der Waals surface area contributed by atoms with Crippen molar-refractivity contribution in [3.63, 3.8) is 0 Å². The van der Waals surface area contributed by atoms with E-state index in [2.05, 4.69) is 5.43 Å². The lowest BCUT2D eigenvalue weighted by molar-refractivity contribution is 0.880. The van der Waals surface area contributed by atoms with Crippen LogP contribution in [0.2, 0.25) is 5.02 Å². The Morgan fingerprint density at radius 1 is 0.739 bits per heavy atom. The van der Waals surface area contributed by atoms with E-state index in [0.717, 1.165) is 16.7 Å². The maximum atomic E-state index is 7.20. The van der Waals surface area contributed by atoms with E-state index < -0.39 is 4.87 Å². The number of benzene rings is 3. The predicted molar refractivity (Wildman–Crippen MR) is 97.9 cm³/mol. The number of hydrogen-bond acceptors (Lipinski definition) is 2. The molecule has 0 bridgehead atoms. The molecule has 0 aromatic heterocycles. The van der Waals surface area contributed by atoms with E-state index >= 15 is 0 Å². The van der Waals surface area contributed by atoms with Gasteiger partial charge in [0.15, 0.2) is 0 Å². The number of hydrogen-bond donors (Lipinski definition) is 2. The SMILES string of the molecule is NNc1cccc(C(Cl)(c2ccccc2)c2ccccc2)c1Cl. The van der Waals surface area contributed by atoms with Gasteiger partial charge in [0.05, 0.1) is 10.7 Å². The van der Waals surface area contributed by atoms with Crippen LogP contribution in [0, 0.1) is 0 Å². The minimum Gasteiger partial charge on any atom is -0.323 e. The molecule has 0 aliphatic heterocycles. The molecule has 0 spiro atoms. The van der Waals surface area contributed by atoms with E-state index in [9.17, 15) is 0 Å². The molecule has 4 heteroatoms. The molecule has 3 aromatic rings. The number of halogens is 2. The lowest BCUT2D eigenvalue weighted by Crippen LogP contribution is -2.23. The summed E-state index contributed by atoms with van der Waals surface area (Å²) < 4.78 is 0. The third kappa shape index (κ3) is 2.81. The van der Waals surface area contributed by atoms with Gasteiger partial charge in [-0.05, 0) is 17.2 Å². The fourth-order valence-corrected chi connectivity index (χ4v) is 3.50. The van der Waals surface area contributed by atoms with E-state index in [1.807, 2.05) is 78.9 Å². The highest BCUT2D eigenvalue weighted by molar-refractivity contribution is 6.36. The zero-order valence-electron chi connectivity index (χ0n) is 12.3. The summed E-state index contributed by atoms with van der Waals surface area (Å²) in [5.74, 6) is 5.56. The Labute approximate surface area is 145 Å². The molecule has 0 aliphatic rings. The third-order valence-electron chi connectivity index (χ3n) is 3.87. The van der Waals surface area contributed by atoms with E-state index in [1.54, 1.807) is 0 Å². The summed E-state index contributed by atoms with van der Waals surface area (Å²) in [6.07, 6.45) is 0. The van der Waals surface area contributed by atoms with Crippen molar-refractivity contribution in [1.82, 2.24) is 0 Å². The summed E-state index contributed by atoms with van der Waals surface area (Å²) in [7, 11) is 0. The van der Waals surface area contributed by atoms with Crippen LogP contribution in [0.5, 0.6) is 0 Å². The molecule has 0 amide bonds. The maximum Gasteiger partial charge on any atom is 0.121 e. The molecule has 23 heavy (non-hydrogen) atoms. The van der Waals surface area contributed by atoms with Crippen LogP contribution in [0.3, 0.4) is 0 Å². The smallest absolute Gasteiger partial charge is 0.121 e. The highest BCUT2D eigenvalue weighted by atomic mass is 35.5. The van der Waals surface area contributed by atoms with Crippen LogP contribution in [0.15, 0.2) is 78.9 Å². The first-order valence-corrected chi connectivity index (χ1v) is 7.99. The molecular weight excluding hydrogens is 327 g/mol. The van der Waals surface area contributed by atoms with Crippen molar-refractivity contribution in [1.29, 1.82) is 0 Å². The van der Waals surface area contributed by atoms with Gasteiger partial charge in [-0.15, -0.1) is 11.6 Å². The van der Waals surface area contributed by atoms with E-state index in [-0.39, 0.29) is 0 Å². The van der Waals surface area contributed by atoms with Crippen LogP contribution in [0.25, 0.3) is 0 Å². The molecule has 3 N–H and O–H groups in total. The molecule has 0 unspecified atom stereocenters. The number of anilines is 1. The highest BCUT2D eigenvalue weighted by Crippen LogP contribution is 2.47. The largest absolute Gasteiger partial charge is 0.323 e. The van der Waals surface area contributed by atoms with Crippen LogP contribution in [0.4, 0.5) is 5.69 Å². The number of nitrogen functional groups attached to an aromatic ring is 1. The molecule has 3 aromatic carbocycles. The number of nitrogens with one attached hydrogen (secondary N) is 1. The monoisotopic (exact) mass is 342 g/mol. The van der Waals surface area contributed by atoms with Gasteiger partial charge in [0.1, 0.15) is 4.87 Å². The van der Waals surface area contributed by atoms with Gasteiger partial charge in [-0.2, -0.15) is 0 Å². The van der Waals surface area contributed by atoms with E-state index in [0.29, 0.717) is 10.7 Å². The summed E-state index contributed by atoms with van der Waals surface area (Å²) in [5, 5.41) is 0.512. The molecule has 0 fully saturated rings. The van der Waals surface area contributed by atoms with Crippen LogP contribution >= 0.6 is 23.2 Å². The summed E-state index contributed by atoms with van der Waals surface area (Å²) in [4.78, 5) is -0.896. The van der Waals surface area contributed by atoms with Crippen LogP contribution in [0.1, 0.15) is 16.7 Å². The van der Waals surface area contributed by atoms with Crippen molar-refractivity contribution in [2.24, 2.45) is 5.84 Å². The Kier molecular flexibility index (Phi) is 4.58. The van der Waals surface area contributed by atoms with Crippen LogP contribution < -0.4 is 11.3 Å². The topological polar surface area (TPSA) is 38.0 Å². The molecule has 0 aliphatic carbocycles. The van der Waals surface area contributed by atoms with Gasteiger partial charge in [0, 0.05) is 5.56 Å². The minimum absolute atomic E-state index is 0.512. The summed E-state index contributed by atoms with van der Waals surface area (Å²) >= 11 is 13.8. The maximum absolute atomic E-state index is 7.20. The Hall–Kier alpha value is -2.00. The standard InChI is InChI=1S/C19H16Cl2N2/c20-18-16(12-7-13-17(18)23-22)19(21,14-8-3-1-4-9-14)15-10-5-2-6-11-15/h1-13,23H,22H2. The van der Waals surface area contributed by atoms with Crippen molar-refractivity contribution in [2.45, 2.75) is 4.87 Å². The number of alkyl halides is 1. The van der Waals surface area contributed by atoms with Crippen molar-refractivity contribution in [3.05, 3.63) is 101 Å². The lowest BCUT2D eigenvalue weighted by Gasteiger charge is -2.30. The molecule has 0 saturated heterocycles. The summed E-state index contributed by atoms with van der Waals surface area (Å²) in [6, 6.07) is 25.4. The van der Waals surface area contributed by atoms with Crippen molar-refractivity contribution in [2.75, 3.05) is 5.43 Å². The third-order valence-corrected chi connectivity index (χ3v) is 4.92. The van der Waals surface area contributed by atoms with E-state index in [4.69, 9.17) is 29.0 Å². The van der Waals surface area contributed by atoms with Crippen molar-refractivity contribution < 1.29 is 0 Å². The second-order valence-corrected chi connectivity index (χ2v) is 6.15. The Morgan fingerprint density at radius 2 is 1.26 bits per heavy atom. The zero-order chi connectivity index (χ0) is 16.3. The second-order valence-electron chi connectivity index (χ2n) is 5.20. The Balaban J connectivity index is 2.30. The van der Waals surface area contributed by atoms with Gasteiger partial charge in [0.2, 0.25) is 0 Å². The lowest BCUT2D eigenvalue weighted by atomic mass is 9.84. The van der Waals surface area contributed by atoms with E-state index in [1.165, 1.54) is 0 Å². The summed E-state index contributed by atoms with van der Waals surface area (Å²) in [6.45, 7) is 0. The zero-order valence-corrected chi connectivity index (χ0v) is 13.9. The Morgan fingerprint density at radius 3 is 1.74 bits per heavy atom. The average molecular weight is 343 g/mol. The van der Waals surface area contributed by atoms with Gasteiger partial charge in [-0.1, -0.05) is 84.4 Å². The fraction of sp³-hybridized carbons (Fsp3) is 0.0526. The van der Waals surface area contributed by atoms with Gasteiger partial charge < -0.3 is 5.43 Å². The quantitative estimate of drug-likeness (QED) is 0.297. The predicted octanol–water partition coefficient (Wildman–Crippen LogP) is 5.16. The van der Waals surface area contributed by atoms with Crippen LogP contribution in [-0.4, -0.2) is 0 Å². The first kappa shape index (κ1) is 15.9. The van der Waals surface area contributed by atoms with Crippen LogP contribution in [-0.2, 0) is 4.87 Å². The second kappa shape index (κ2) is 6.63. The van der Waals surface area contributed by atoms with Crippen molar-refractivity contribution >= 4 is 28.9 Å². The number of nitrogens with two attached hydrogens (primary N) is 1. The first-order chi connectivity index (χ1) is 11.2. The van der Waals surface area contributed by atoms with Gasteiger partial charge >= 0.3 is 0 Å². The Bertz CT molecular complexity index is 749. The van der Waals surface area contributed by atoms with Crippen molar-refractivity contribution in [3.8, 4) is 0 Å². The molecule has 0 atom stereocenters. The minimum atomic E-state index is -0.896. The fourth-order valence-electron chi connectivity index (χ4n) is 2.72. The molecule has 0 saturated carbocycles. The molecule has 3 rings (SSSR count). The first-order valence-electron chi connectivity index (χ1n) is 7.23. The molecule has 0 heterocycles. The average Bonchev–Trinajstić information content (AvgIpc) is 2.63. The molecule has 0 radical (unpaired) electrons. The van der Waals surface area contributed by atoms with Gasteiger partial charge in [0.25, 0.3) is 0 Å². The van der Waals surface area contributed by atoms with Gasteiger partial charge in [-0.25, -0.2) is 0 Å². The molecule has 2 nitrogen and oxygen atoms in total. The number of rotatable bonds is 4. The highest BCUT2D eigenvalue weighted by Gasteiger charge is 2.36. The summed E-state index contributed by atoms with van der Waals surface area (Å²) in [5.41, 5.74) is 5.94.